The summed E-state index contributed by atoms with van der Waals surface area (Å²) < 4.78 is 29.3. The SMILES string of the molecule is CC1CCCCN1S(=O)(=O)NC1CCC(C)(C)C1. The molecular formula is C13H26N2O2S. The lowest BCUT2D eigenvalue weighted by Crippen LogP contribution is -2.50. The van der Waals surface area contributed by atoms with Crippen molar-refractivity contribution in [1.29, 1.82) is 0 Å². The maximum absolute atomic E-state index is 12.4. The summed E-state index contributed by atoms with van der Waals surface area (Å²) in [5.41, 5.74) is 0.278. The molecule has 0 radical (unpaired) electrons. The highest BCUT2D eigenvalue weighted by Crippen LogP contribution is 2.37. The van der Waals surface area contributed by atoms with Gasteiger partial charge >= 0.3 is 0 Å². The Balaban J connectivity index is 1.99. The zero-order chi connectivity index (χ0) is 13.4. The van der Waals surface area contributed by atoms with Crippen molar-refractivity contribution in [3.05, 3.63) is 0 Å². The van der Waals surface area contributed by atoms with E-state index < -0.39 is 10.2 Å². The fourth-order valence-corrected chi connectivity index (χ4v) is 4.95. The van der Waals surface area contributed by atoms with Crippen LogP contribution in [-0.2, 0) is 10.2 Å². The van der Waals surface area contributed by atoms with Gasteiger partial charge in [0.05, 0.1) is 0 Å². The van der Waals surface area contributed by atoms with Crippen molar-refractivity contribution in [3.63, 3.8) is 0 Å². The van der Waals surface area contributed by atoms with Gasteiger partial charge in [-0.15, -0.1) is 0 Å². The predicted molar refractivity (Wildman–Crippen MR) is 73.5 cm³/mol. The Morgan fingerprint density at radius 2 is 1.94 bits per heavy atom. The van der Waals surface area contributed by atoms with E-state index in [9.17, 15) is 8.42 Å². The molecule has 1 aliphatic carbocycles. The minimum Gasteiger partial charge on any atom is -0.199 e. The molecule has 2 rings (SSSR count). The fourth-order valence-electron chi connectivity index (χ4n) is 3.24. The molecule has 0 aromatic heterocycles. The average Bonchev–Trinajstić information content (AvgIpc) is 2.57. The first-order valence-electron chi connectivity index (χ1n) is 7.09. The molecule has 0 spiro atoms. The van der Waals surface area contributed by atoms with Crippen LogP contribution in [0.25, 0.3) is 0 Å². The molecule has 0 amide bonds. The fraction of sp³-hybridized carbons (Fsp3) is 1.00. The molecule has 1 saturated heterocycles. The smallest absolute Gasteiger partial charge is 0.199 e. The Hall–Kier alpha value is -0.130. The molecule has 1 heterocycles. The van der Waals surface area contributed by atoms with Crippen LogP contribution in [0.5, 0.6) is 0 Å². The van der Waals surface area contributed by atoms with E-state index in [0.717, 1.165) is 38.5 Å². The van der Waals surface area contributed by atoms with Crippen LogP contribution in [0.4, 0.5) is 0 Å². The number of piperidine rings is 1. The van der Waals surface area contributed by atoms with Gasteiger partial charge in [-0.3, -0.25) is 0 Å². The highest BCUT2D eigenvalue weighted by molar-refractivity contribution is 7.87. The second kappa shape index (κ2) is 5.10. The third-order valence-corrected chi connectivity index (χ3v) is 6.13. The predicted octanol–water partition coefficient (Wildman–Crippen LogP) is 2.27. The number of nitrogens with one attached hydrogen (secondary N) is 1. The van der Waals surface area contributed by atoms with Gasteiger partial charge in [0.1, 0.15) is 0 Å². The topological polar surface area (TPSA) is 49.4 Å². The molecule has 4 nitrogen and oxygen atoms in total. The number of rotatable bonds is 3. The third-order valence-electron chi connectivity index (χ3n) is 4.33. The van der Waals surface area contributed by atoms with Crippen LogP contribution in [0.1, 0.15) is 59.3 Å². The molecule has 1 aliphatic heterocycles. The molecule has 2 unspecified atom stereocenters. The molecule has 106 valence electrons. The Morgan fingerprint density at radius 1 is 1.22 bits per heavy atom. The summed E-state index contributed by atoms with van der Waals surface area (Å²) in [5, 5.41) is 0. The van der Waals surface area contributed by atoms with E-state index in [1.807, 2.05) is 6.92 Å². The number of hydrogen-bond acceptors (Lipinski definition) is 2. The van der Waals surface area contributed by atoms with E-state index in [1.165, 1.54) is 0 Å². The van der Waals surface area contributed by atoms with Crippen LogP contribution in [0.2, 0.25) is 0 Å². The van der Waals surface area contributed by atoms with Crippen molar-refractivity contribution in [3.8, 4) is 0 Å². The summed E-state index contributed by atoms with van der Waals surface area (Å²) in [6.07, 6.45) is 6.14. The molecule has 18 heavy (non-hydrogen) atoms. The van der Waals surface area contributed by atoms with Gasteiger partial charge in [0.15, 0.2) is 0 Å². The maximum atomic E-state index is 12.4. The van der Waals surface area contributed by atoms with Crippen LogP contribution in [0.15, 0.2) is 0 Å². The molecule has 1 N–H and O–H groups in total. The van der Waals surface area contributed by atoms with Gasteiger partial charge < -0.3 is 0 Å². The highest BCUT2D eigenvalue weighted by atomic mass is 32.2. The maximum Gasteiger partial charge on any atom is 0.279 e. The van der Waals surface area contributed by atoms with Gasteiger partial charge in [0, 0.05) is 18.6 Å². The molecular weight excluding hydrogens is 248 g/mol. The summed E-state index contributed by atoms with van der Waals surface area (Å²) >= 11 is 0. The summed E-state index contributed by atoms with van der Waals surface area (Å²) in [6, 6.07) is 0.268. The summed E-state index contributed by atoms with van der Waals surface area (Å²) in [6.45, 7) is 7.11. The second-order valence-corrected chi connectivity index (χ2v) is 8.34. The van der Waals surface area contributed by atoms with Crippen molar-refractivity contribution >= 4 is 10.2 Å². The number of nitrogens with zero attached hydrogens (tertiary/aromatic N) is 1. The Bertz CT molecular complexity index is 392. The number of hydrogen-bond donors (Lipinski definition) is 1. The molecule has 5 heteroatoms. The highest BCUT2D eigenvalue weighted by Gasteiger charge is 2.36. The van der Waals surface area contributed by atoms with E-state index in [4.69, 9.17) is 0 Å². The lowest BCUT2D eigenvalue weighted by Gasteiger charge is -2.33. The third kappa shape index (κ3) is 3.25. The molecule has 2 atom stereocenters. The van der Waals surface area contributed by atoms with Gasteiger partial charge in [0.2, 0.25) is 0 Å². The quantitative estimate of drug-likeness (QED) is 0.858. The van der Waals surface area contributed by atoms with Gasteiger partial charge in [-0.25, -0.2) is 0 Å². The van der Waals surface area contributed by atoms with E-state index in [-0.39, 0.29) is 17.5 Å². The Morgan fingerprint density at radius 3 is 2.50 bits per heavy atom. The first kappa shape index (κ1) is 14.3. The zero-order valence-electron chi connectivity index (χ0n) is 11.8. The van der Waals surface area contributed by atoms with Crippen molar-refractivity contribution in [2.45, 2.75) is 71.4 Å². The minimum atomic E-state index is -3.28. The van der Waals surface area contributed by atoms with Crippen molar-refractivity contribution < 1.29 is 8.42 Å². The minimum absolute atomic E-state index is 0.124. The van der Waals surface area contributed by atoms with Crippen molar-refractivity contribution in [1.82, 2.24) is 9.03 Å². The van der Waals surface area contributed by atoms with Gasteiger partial charge in [0.25, 0.3) is 10.2 Å². The summed E-state index contributed by atoms with van der Waals surface area (Å²) in [5.74, 6) is 0. The van der Waals surface area contributed by atoms with Gasteiger partial charge in [-0.2, -0.15) is 17.4 Å². The van der Waals surface area contributed by atoms with Crippen LogP contribution >= 0.6 is 0 Å². The largest absolute Gasteiger partial charge is 0.279 e. The van der Waals surface area contributed by atoms with E-state index in [1.54, 1.807) is 4.31 Å². The van der Waals surface area contributed by atoms with E-state index in [2.05, 4.69) is 18.6 Å². The van der Waals surface area contributed by atoms with Gasteiger partial charge in [-0.1, -0.05) is 20.3 Å². The molecule has 1 saturated carbocycles. The van der Waals surface area contributed by atoms with E-state index in [0.29, 0.717) is 6.54 Å². The standard InChI is InChI=1S/C13H26N2O2S/c1-11-6-4-5-9-15(11)18(16,17)14-12-7-8-13(2,3)10-12/h11-12,14H,4-10H2,1-3H3. The zero-order valence-corrected chi connectivity index (χ0v) is 12.6. The monoisotopic (exact) mass is 274 g/mol. The normalized spacial score (nSPS) is 33.7. The van der Waals surface area contributed by atoms with E-state index >= 15 is 0 Å². The van der Waals surface area contributed by atoms with Crippen LogP contribution in [0.3, 0.4) is 0 Å². The summed E-state index contributed by atoms with van der Waals surface area (Å²) in [4.78, 5) is 0. The molecule has 2 aliphatic rings. The first-order valence-corrected chi connectivity index (χ1v) is 8.53. The first-order chi connectivity index (χ1) is 8.30. The second-order valence-electron chi connectivity index (χ2n) is 6.68. The van der Waals surface area contributed by atoms with Crippen LogP contribution < -0.4 is 4.72 Å². The van der Waals surface area contributed by atoms with Crippen LogP contribution in [0, 0.1) is 5.41 Å². The molecule has 0 bridgehead atoms. The van der Waals surface area contributed by atoms with Crippen LogP contribution in [-0.4, -0.2) is 31.4 Å². The lowest BCUT2D eigenvalue weighted by molar-refractivity contribution is 0.263. The molecule has 0 aromatic rings. The lowest BCUT2D eigenvalue weighted by atomic mass is 9.92. The Kier molecular flexibility index (Phi) is 4.04. The van der Waals surface area contributed by atoms with Gasteiger partial charge in [-0.05, 0) is 44.4 Å². The van der Waals surface area contributed by atoms with Crippen molar-refractivity contribution in [2.75, 3.05) is 6.54 Å². The molecule has 0 aromatic carbocycles. The average molecular weight is 274 g/mol. The molecule has 2 fully saturated rings. The summed E-state index contributed by atoms with van der Waals surface area (Å²) in [7, 11) is -3.28. The van der Waals surface area contributed by atoms with Crippen molar-refractivity contribution in [2.24, 2.45) is 5.41 Å². The Labute approximate surface area is 111 Å².